The van der Waals surface area contributed by atoms with Crippen molar-refractivity contribution in [2.75, 3.05) is 50.7 Å². The number of fused-ring (bicyclic) bond motifs is 2. The summed E-state index contributed by atoms with van der Waals surface area (Å²) < 4.78 is 28.6. The van der Waals surface area contributed by atoms with Crippen LogP contribution in [-0.2, 0) is 17.6 Å². The van der Waals surface area contributed by atoms with Crippen molar-refractivity contribution < 1.29 is 38.1 Å². The number of aromatic nitrogens is 6. The zero-order valence-corrected chi connectivity index (χ0v) is 44.1. The molecule has 18 heteroatoms. The van der Waals surface area contributed by atoms with Gasteiger partial charge in [0, 0.05) is 74.5 Å². The third-order valence-corrected chi connectivity index (χ3v) is 12.4. The summed E-state index contributed by atoms with van der Waals surface area (Å²) in [7, 11) is 1.51. The maximum atomic E-state index is 13.7. The van der Waals surface area contributed by atoms with Crippen LogP contribution in [0.1, 0.15) is 96.6 Å². The predicted octanol–water partition coefficient (Wildman–Crippen LogP) is 10.7. The van der Waals surface area contributed by atoms with E-state index in [0.29, 0.717) is 76.6 Å². The van der Waals surface area contributed by atoms with Crippen LogP contribution < -0.4 is 40.6 Å². The summed E-state index contributed by atoms with van der Waals surface area (Å²) in [5.74, 6) is 1.23. The van der Waals surface area contributed by atoms with Gasteiger partial charge < -0.3 is 45.4 Å². The molecule has 18 nitrogen and oxygen atoms in total. The molecule has 76 heavy (non-hydrogen) atoms. The maximum absolute atomic E-state index is 13.7. The molecule has 4 aromatic carbocycles. The lowest BCUT2D eigenvalue weighted by molar-refractivity contribution is 0.0520. The molecule has 7 N–H and O–H groups in total. The number of pyridine rings is 2. The van der Waals surface area contributed by atoms with E-state index in [4.69, 9.17) is 39.4 Å². The standard InChI is InChI=1S/C58H66N10O8/c1-8-49-45-18-20-50(63-53(45)67-65-49)47-32-40(17-15-35(47)2)62-56(70)38-29-43(34-44(30-38)74-25-22-59)73-24-12-10-9-11-13-52-46-19-21-51(64-54(46)68-66-52)48-31-39(16-14-36(48)3)61-55(69)37-27-41(72-7)33-42(28-37)75-26-23-60-57(71)76-58(4,5)6/h14-21,27-34H,8-13,22-26,59H2,1-7H3,(H,60,71)(H,61,69)(H,62,70)(H,63,65,67)(H,64,66,68). The average molecular weight is 1030 g/mol. The van der Waals surface area contributed by atoms with Crippen molar-refractivity contribution in [1.29, 1.82) is 0 Å². The number of nitrogens with one attached hydrogen (secondary N) is 5. The number of ether oxygens (including phenoxy) is 5. The number of carbonyl (C=O) groups excluding carboxylic acids is 3. The van der Waals surface area contributed by atoms with E-state index in [2.05, 4.69) is 43.3 Å². The van der Waals surface area contributed by atoms with E-state index < -0.39 is 11.7 Å². The van der Waals surface area contributed by atoms with E-state index in [1.54, 1.807) is 57.2 Å². The number of methoxy groups -OCH3 is 1. The average Bonchev–Trinajstić information content (AvgIpc) is 4.03. The van der Waals surface area contributed by atoms with Crippen LogP contribution in [0.15, 0.2) is 97.1 Å². The van der Waals surface area contributed by atoms with Gasteiger partial charge in [-0.15, -0.1) is 0 Å². The summed E-state index contributed by atoms with van der Waals surface area (Å²) in [5, 5.41) is 25.9. The summed E-state index contributed by atoms with van der Waals surface area (Å²) in [4.78, 5) is 49.0. The number of anilines is 2. The molecule has 0 atom stereocenters. The molecule has 0 aliphatic heterocycles. The molecular weight excluding hydrogens is 965 g/mol. The molecule has 0 aliphatic rings. The largest absolute Gasteiger partial charge is 0.497 e. The normalized spacial score (nSPS) is 11.4. The molecule has 0 saturated heterocycles. The van der Waals surface area contributed by atoms with Crippen molar-refractivity contribution in [1.82, 2.24) is 35.7 Å². The Labute approximate surface area is 441 Å². The lowest BCUT2D eigenvalue weighted by Crippen LogP contribution is -2.34. The summed E-state index contributed by atoms with van der Waals surface area (Å²) in [6.45, 7) is 12.9. The Morgan fingerprint density at radius 3 is 1.67 bits per heavy atom. The van der Waals surface area contributed by atoms with Gasteiger partial charge in [-0.05, 0) is 144 Å². The second kappa shape index (κ2) is 24.7. The first-order valence-corrected chi connectivity index (χ1v) is 25.6. The van der Waals surface area contributed by atoms with Crippen LogP contribution in [0.3, 0.4) is 0 Å². The minimum absolute atomic E-state index is 0.153. The van der Waals surface area contributed by atoms with E-state index in [1.807, 2.05) is 74.5 Å². The summed E-state index contributed by atoms with van der Waals surface area (Å²) in [5.41, 5.74) is 15.7. The third kappa shape index (κ3) is 14.0. The number of rotatable bonds is 23. The second-order valence-corrected chi connectivity index (χ2v) is 19.4. The highest BCUT2D eigenvalue weighted by Gasteiger charge is 2.18. The minimum Gasteiger partial charge on any atom is -0.497 e. The number of carbonyl (C=O) groups is 3. The zero-order chi connectivity index (χ0) is 53.8. The fraction of sp³-hybridized carbons (Fsp3) is 0.328. The van der Waals surface area contributed by atoms with Crippen LogP contribution in [0.2, 0.25) is 0 Å². The predicted molar refractivity (Wildman–Crippen MR) is 295 cm³/mol. The van der Waals surface area contributed by atoms with E-state index in [-0.39, 0.29) is 25.0 Å². The van der Waals surface area contributed by atoms with Gasteiger partial charge in [-0.2, -0.15) is 10.2 Å². The maximum Gasteiger partial charge on any atom is 0.407 e. The molecule has 0 saturated carbocycles. The van der Waals surface area contributed by atoms with Crippen molar-refractivity contribution in [3.05, 3.63) is 131 Å². The van der Waals surface area contributed by atoms with Gasteiger partial charge in [0.1, 0.15) is 41.8 Å². The van der Waals surface area contributed by atoms with Crippen LogP contribution in [0, 0.1) is 13.8 Å². The molecule has 0 spiro atoms. The number of H-pyrrole nitrogens is 2. The quantitative estimate of drug-likeness (QED) is 0.0327. The van der Waals surface area contributed by atoms with Crippen LogP contribution in [0.25, 0.3) is 44.6 Å². The summed E-state index contributed by atoms with van der Waals surface area (Å²) >= 11 is 0. The van der Waals surface area contributed by atoms with Gasteiger partial charge in [-0.1, -0.05) is 31.9 Å². The lowest BCUT2D eigenvalue weighted by Gasteiger charge is -2.19. The monoisotopic (exact) mass is 1030 g/mol. The van der Waals surface area contributed by atoms with Crippen LogP contribution in [0.4, 0.5) is 16.2 Å². The molecule has 0 fully saturated rings. The molecule has 3 amide bonds. The van der Waals surface area contributed by atoms with Gasteiger partial charge in [0.15, 0.2) is 11.3 Å². The van der Waals surface area contributed by atoms with E-state index in [9.17, 15) is 14.4 Å². The van der Waals surface area contributed by atoms with E-state index in [1.165, 1.54) is 7.11 Å². The van der Waals surface area contributed by atoms with Crippen LogP contribution in [0.5, 0.6) is 23.0 Å². The van der Waals surface area contributed by atoms with Crippen molar-refractivity contribution in [2.24, 2.45) is 5.73 Å². The number of amides is 3. The molecule has 4 aromatic heterocycles. The van der Waals surface area contributed by atoms with Gasteiger partial charge >= 0.3 is 6.09 Å². The van der Waals surface area contributed by atoms with Crippen molar-refractivity contribution in [3.8, 4) is 45.5 Å². The summed E-state index contributed by atoms with van der Waals surface area (Å²) in [6.07, 6.45) is 4.76. The lowest BCUT2D eigenvalue weighted by atomic mass is 10.0. The Morgan fingerprint density at radius 1 is 0.605 bits per heavy atom. The zero-order valence-electron chi connectivity index (χ0n) is 44.1. The highest BCUT2D eigenvalue weighted by Crippen LogP contribution is 2.32. The first kappa shape index (κ1) is 53.8. The number of hydrogen-bond donors (Lipinski definition) is 6. The number of nitrogens with zero attached hydrogens (tertiary/aromatic N) is 4. The smallest absolute Gasteiger partial charge is 0.407 e. The number of unbranched alkanes of at least 4 members (excludes halogenated alkanes) is 3. The van der Waals surface area contributed by atoms with Crippen molar-refractivity contribution in [3.63, 3.8) is 0 Å². The number of alkyl carbamates (subject to hydrolysis) is 1. The van der Waals surface area contributed by atoms with Gasteiger partial charge in [0.25, 0.3) is 11.8 Å². The molecule has 0 radical (unpaired) electrons. The van der Waals surface area contributed by atoms with Gasteiger partial charge in [0.05, 0.1) is 31.6 Å². The highest BCUT2D eigenvalue weighted by atomic mass is 16.6. The highest BCUT2D eigenvalue weighted by molar-refractivity contribution is 6.06. The van der Waals surface area contributed by atoms with Crippen LogP contribution in [-0.4, -0.2) is 93.9 Å². The fourth-order valence-electron chi connectivity index (χ4n) is 8.55. The minimum atomic E-state index is -0.612. The molecule has 396 valence electrons. The van der Waals surface area contributed by atoms with Crippen molar-refractivity contribution >= 4 is 51.3 Å². The second-order valence-electron chi connectivity index (χ2n) is 19.4. The number of aromatic amines is 2. The Kier molecular flexibility index (Phi) is 17.5. The van der Waals surface area contributed by atoms with Gasteiger partial charge in [-0.25, -0.2) is 14.8 Å². The number of aryl methyl sites for hydroxylation is 4. The molecular formula is C58H66N10O8. The Morgan fingerprint density at radius 2 is 1.12 bits per heavy atom. The van der Waals surface area contributed by atoms with Gasteiger partial charge in [0.2, 0.25) is 0 Å². The molecule has 0 bridgehead atoms. The van der Waals surface area contributed by atoms with E-state index >= 15 is 0 Å². The third-order valence-electron chi connectivity index (χ3n) is 12.4. The van der Waals surface area contributed by atoms with E-state index in [0.717, 1.165) is 94.3 Å². The molecule has 8 aromatic rings. The molecule has 4 heterocycles. The van der Waals surface area contributed by atoms with Crippen molar-refractivity contribution in [2.45, 2.75) is 85.7 Å². The first-order valence-electron chi connectivity index (χ1n) is 25.6. The topological polar surface area (TPSA) is 243 Å². The molecule has 0 unspecified atom stereocenters. The number of nitrogens with two attached hydrogens (primary N) is 1. The Bertz CT molecular complexity index is 3340. The number of benzene rings is 4. The molecule has 8 rings (SSSR count). The Balaban J connectivity index is 0.819. The summed E-state index contributed by atoms with van der Waals surface area (Å²) in [6, 6.07) is 29.6. The molecule has 0 aliphatic carbocycles. The fourth-order valence-corrected chi connectivity index (χ4v) is 8.55. The van der Waals surface area contributed by atoms with Crippen LogP contribution >= 0.6 is 0 Å². The van der Waals surface area contributed by atoms with Gasteiger partial charge in [-0.3, -0.25) is 19.8 Å². The Hall–Kier alpha value is -8.51. The SMILES string of the molecule is CCc1[nH]nc2nc(-c3cc(NC(=O)c4cc(OCCN)cc(OCCCCCCc5[nH]nc6nc(-c7cc(NC(=O)c8cc(OC)cc(OCCNC(=O)OC(C)(C)C)c8)ccc7C)ccc56)c4)ccc3C)ccc12. The first-order chi connectivity index (χ1) is 36.7. The number of hydrogen-bond acceptors (Lipinski definition) is 13.